The minimum absolute atomic E-state index is 0.222. The van der Waals surface area contributed by atoms with E-state index in [1.165, 1.54) is 0 Å². The number of nitrogens with two attached hydrogens (primary N) is 1. The van der Waals surface area contributed by atoms with Crippen molar-refractivity contribution in [1.29, 1.82) is 0 Å². The lowest BCUT2D eigenvalue weighted by atomic mass is 10.0. The molecule has 22 heavy (non-hydrogen) atoms. The summed E-state index contributed by atoms with van der Waals surface area (Å²) in [6.45, 7) is 1.38. The molecule has 4 nitrogen and oxygen atoms in total. The summed E-state index contributed by atoms with van der Waals surface area (Å²) in [6.07, 6.45) is 1.77. The largest absolute Gasteiger partial charge is 0.507 e. The second kappa shape index (κ2) is 6.20. The van der Waals surface area contributed by atoms with E-state index in [1.54, 1.807) is 0 Å². The molecule has 1 atom stereocenters. The number of phenolic OH excluding ortho intramolecular Hbond substituents is 1. The molecule has 1 saturated heterocycles. The van der Waals surface area contributed by atoms with Crippen molar-refractivity contribution in [3.05, 3.63) is 54.1 Å². The highest BCUT2D eigenvalue weighted by Crippen LogP contribution is 2.33. The van der Waals surface area contributed by atoms with Gasteiger partial charge in [0, 0.05) is 17.7 Å². The second-order valence-electron chi connectivity index (χ2n) is 5.71. The van der Waals surface area contributed by atoms with Gasteiger partial charge in [0.25, 0.3) is 0 Å². The number of carbonyl (C=O) groups is 1. The maximum atomic E-state index is 11.5. The lowest BCUT2D eigenvalue weighted by molar-refractivity contribution is -0.122. The summed E-state index contributed by atoms with van der Waals surface area (Å²) < 4.78 is 0. The molecule has 1 aliphatic rings. The van der Waals surface area contributed by atoms with E-state index < -0.39 is 0 Å². The first-order chi connectivity index (χ1) is 10.7. The van der Waals surface area contributed by atoms with Gasteiger partial charge in [-0.25, -0.2) is 0 Å². The van der Waals surface area contributed by atoms with E-state index in [2.05, 4.69) is 0 Å². The Hall–Kier alpha value is -2.33. The van der Waals surface area contributed by atoms with Gasteiger partial charge in [-0.1, -0.05) is 48.5 Å². The summed E-state index contributed by atoms with van der Waals surface area (Å²) in [4.78, 5) is 13.5. The molecule has 1 aliphatic heterocycles. The van der Waals surface area contributed by atoms with Crippen molar-refractivity contribution in [2.24, 2.45) is 5.73 Å². The first-order valence-electron chi connectivity index (χ1n) is 7.56. The third kappa shape index (κ3) is 2.83. The van der Waals surface area contributed by atoms with Gasteiger partial charge in [-0.2, -0.15) is 0 Å². The normalized spacial score (nSPS) is 18.5. The van der Waals surface area contributed by atoms with Gasteiger partial charge in [-0.3, -0.25) is 9.69 Å². The fraction of sp³-hybridized carbons (Fsp3) is 0.278. The number of carbonyl (C=O) groups excluding carboxylic acids is 1. The zero-order valence-corrected chi connectivity index (χ0v) is 12.4. The Bertz CT molecular complexity index is 670. The minimum atomic E-state index is -0.281. The van der Waals surface area contributed by atoms with Crippen molar-refractivity contribution < 1.29 is 9.90 Å². The van der Waals surface area contributed by atoms with Crippen LogP contribution in [0.5, 0.6) is 5.75 Å². The molecule has 0 spiro atoms. The third-order valence-electron chi connectivity index (χ3n) is 4.27. The van der Waals surface area contributed by atoms with Gasteiger partial charge >= 0.3 is 0 Å². The van der Waals surface area contributed by atoms with Gasteiger partial charge in [-0.15, -0.1) is 0 Å². The Balaban J connectivity index is 1.88. The van der Waals surface area contributed by atoms with E-state index in [0.29, 0.717) is 6.54 Å². The van der Waals surface area contributed by atoms with E-state index >= 15 is 0 Å². The molecule has 0 bridgehead atoms. The number of phenols is 1. The highest BCUT2D eigenvalue weighted by Gasteiger charge is 2.29. The summed E-state index contributed by atoms with van der Waals surface area (Å²) in [6, 6.07) is 15.3. The van der Waals surface area contributed by atoms with Crippen molar-refractivity contribution >= 4 is 5.91 Å². The van der Waals surface area contributed by atoms with Crippen LogP contribution in [0.25, 0.3) is 11.1 Å². The van der Waals surface area contributed by atoms with Crippen molar-refractivity contribution in [2.45, 2.75) is 25.4 Å². The molecule has 0 unspecified atom stereocenters. The van der Waals surface area contributed by atoms with Crippen molar-refractivity contribution in [2.75, 3.05) is 6.54 Å². The van der Waals surface area contributed by atoms with Crippen LogP contribution in [0.3, 0.4) is 0 Å². The number of para-hydroxylation sites is 1. The molecule has 114 valence electrons. The lowest BCUT2D eigenvalue weighted by Gasteiger charge is -2.22. The summed E-state index contributed by atoms with van der Waals surface area (Å²) in [7, 11) is 0. The Morgan fingerprint density at radius 2 is 1.95 bits per heavy atom. The van der Waals surface area contributed by atoms with Crippen molar-refractivity contribution in [3.8, 4) is 16.9 Å². The van der Waals surface area contributed by atoms with E-state index in [9.17, 15) is 9.90 Å². The van der Waals surface area contributed by atoms with E-state index in [1.807, 2.05) is 53.4 Å². The SMILES string of the molecule is NC(=O)[C@H]1CCCN1Cc1cccc(-c2ccccc2)c1O. The predicted molar refractivity (Wildman–Crippen MR) is 86.2 cm³/mol. The Kier molecular flexibility index (Phi) is 4.11. The topological polar surface area (TPSA) is 66.6 Å². The van der Waals surface area contributed by atoms with Gasteiger partial charge in [-0.05, 0) is 24.9 Å². The molecular formula is C18H20N2O2. The van der Waals surface area contributed by atoms with E-state index in [4.69, 9.17) is 5.73 Å². The molecule has 0 aliphatic carbocycles. The van der Waals surface area contributed by atoms with Crippen LogP contribution in [-0.2, 0) is 11.3 Å². The summed E-state index contributed by atoms with van der Waals surface area (Å²) >= 11 is 0. The fourth-order valence-corrected chi connectivity index (χ4v) is 3.13. The molecular weight excluding hydrogens is 276 g/mol. The zero-order valence-electron chi connectivity index (χ0n) is 12.4. The average molecular weight is 296 g/mol. The number of primary amides is 1. The number of benzene rings is 2. The highest BCUT2D eigenvalue weighted by molar-refractivity contribution is 5.80. The molecule has 0 saturated carbocycles. The number of likely N-dealkylation sites (tertiary alicyclic amines) is 1. The van der Waals surface area contributed by atoms with Gasteiger partial charge in [0.2, 0.25) is 5.91 Å². The maximum absolute atomic E-state index is 11.5. The fourth-order valence-electron chi connectivity index (χ4n) is 3.13. The molecule has 3 N–H and O–H groups in total. The van der Waals surface area contributed by atoms with E-state index in [-0.39, 0.29) is 17.7 Å². The molecule has 2 aromatic carbocycles. The molecule has 1 heterocycles. The lowest BCUT2D eigenvalue weighted by Crippen LogP contribution is -2.39. The monoisotopic (exact) mass is 296 g/mol. The second-order valence-corrected chi connectivity index (χ2v) is 5.71. The molecule has 3 rings (SSSR count). The van der Waals surface area contributed by atoms with Crippen LogP contribution in [0.2, 0.25) is 0 Å². The van der Waals surface area contributed by atoms with Gasteiger partial charge in [0.15, 0.2) is 0 Å². The third-order valence-corrected chi connectivity index (χ3v) is 4.27. The predicted octanol–water partition coefficient (Wildman–Crippen LogP) is 2.51. The van der Waals surface area contributed by atoms with Crippen LogP contribution in [0.15, 0.2) is 48.5 Å². The zero-order chi connectivity index (χ0) is 15.5. The minimum Gasteiger partial charge on any atom is -0.507 e. The van der Waals surface area contributed by atoms with Crippen LogP contribution >= 0.6 is 0 Å². The molecule has 0 aromatic heterocycles. The van der Waals surface area contributed by atoms with Crippen molar-refractivity contribution in [1.82, 2.24) is 4.90 Å². The van der Waals surface area contributed by atoms with Gasteiger partial charge in [0.1, 0.15) is 5.75 Å². The first kappa shape index (κ1) is 14.6. The Morgan fingerprint density at radius 1 is 1.18 bits per heavy atom. The average Bonchev–Trinajstić information content (AvgIpc) is 2.99. The number of hydrogen-bond acceptors (Lipinski definition) is 3. The summed E-state index contributed by atoms with van der Waals surface area (Å²) in [5.74, 6) is 0.0000224. The molecule has 1 amide bonds. The number of nitrogens with zero attached hydrogens (tertiary/aromatic N) is 1. The molecule has 4 heteroatoms. The van der Waals surface area contributed by atoms with Crippen LogP contribution < -0.4 is 5.73 Å². The van der Waals surface area contributed by atoms with Crippen LogP contribution in [-0.4, -0.2) is 28.5 Å². The maximum Gasteiger partial charge on any atom is 0.234 e. The summed E-state index contributed by atoms with van der Waals surface area (Å²) in [5.41, 5.74) is 8.08. The molecule has 0 radical (unpaired) electrons. The number of rotatable bonds is 4. The Labute approximate surface area is 130 Å². The standard InChI is InChI=1S/C18H20N2O2/c19-18(22)16-10-5-11-20(16)12-14-8-4-9-15(17(14)21)13-6-2-1-3-7-13/h1-4,6-9,16,21H,5,10-12H2,(H2,19,22)/t16-/m1/s1. The highest BCUT2D eigenvalue weighted by atomic mass is 16.3. The first-order valence-corrected chi connectivity index (χ1v) is 7.56. The number of amides is 1. The van der Waals surface area contributed by atoms with Crippen LogP contribution in [0, 0.1) is 0 Å². The van der Waals surface area contributed by atoms with Crippen LogP contribution in [0.4, 0.5) is 0 Å². The molecule has 2 aromatic rings. The van der Waals surface area contributed by atoms with Crippen molar-refractivity contribution in [3.63, 3.8) is 0 Å². The quantitative estimate of drug-likeness (QED) is 0.911. The van der Waals surface area contributed by atoms with Gasteiger partial charge in [0.05, 0.1) is 6.04 Å². The smallest absolute Gasteiger partial charge is 0.234 e. The van der Waals surface area contributed by atoms with Crippen LogP contribution in [0.1, 0.15) is 18.4 Å². The number of aromatic hydroxyl groups is 1. The van der Waals surface area contributed by atoms with Gasteiger partial charge < -0.3 is 10.8 Å². The van der Waals surface area contributed by atoms with E-state index in [0.717, 1.165) is 36.1 Å². The number of hydrogen-bond donors (Lipinski definition) is 2. The molecule has 1 fully saturated rings. The summed E-state index contributed by atoms with van der Waals surface area (Å²) in [5, 5.41) is 10.6. The Morgan fingerprint density at radius 3 is 2.68 bits per heavy atom.